The average molecular weight is 467 g/mol. The van der Waals surface area contributed by atoms with Crippen LogP contribution < -0.4 is 5.32 Å². The number of likely N-dealkylation sites (tertiary alicyclic amines) is 1. The number of amides is 2. The molecule has 0 radical (unpaired) electrons. The third kappa shape index (κ3) is 5.14. The molecule has 7 nitrogen and oxygen atoms in total. The van der Waals surface area contributed by atoms with Gasteiger partial charge in [0.2, 0.25) is 11.7 Å². The minimum atomic E-state index is -0.173. The minimum absolute atomic E-state index is 0.0572. The SMILES string of the molecule is Cc1cccc(NC(=O)c2ccc(-c3noc(C4CCN(C(=O)c5ccccc5)CC4)n3)cc2)c1. The summed E-state index contributed by atoms with van der Waals surface area (Å²) in [5, 5.41) is 7.06. The third-order valence-corrected chi connectivity index (χ3v) is 6.28. The Kier molecular flexibility index (Phi) is 6.39. The molecule has 176 valence electrons. The molecular formula is C28H26N4O3. The Morgan fingerprint density at radius 1 is 0.914 bits per heavy atom. The van der Waals surface area contributed by atoms with Crippen molar-refractivity contribution in [3.63, 3.8) is 0 Å². The molecule has 0 bridgehead atoms. The first kappa shape index (κ1) is 22.5. The van der Waals surface area contributed by atoms with Crippen molar-refractivity contribution in [2.24, 2.45) is 0 Å². The second-order valence-electron chi connectivity index (χ2n) is 8.79. The lowest BCUT2D eigenvalue weighted by molar-refractivity contribution is 0.0704. The molecule has 1 N–H and O–H groups in total. The molecule has 2 amide bonds. The number of benzene rings is 3. The van der Waals surface area contributed by atoms with Gasteiger partial charge in [-0.2, -0.15) is 4.98 Å². The van der Waals surface area contributed by atoms with E-state index in [-0.39, 0.29) is 17.7 Å². The van der Waals surface area contributed by atoms with E-state index in [1.54, 1.807) is 12.1 Å². The first-order chi connectivity index (χ1) is 17.1. The normalized spacial score (nSPS) is 14.0. The molecule has 7 heteroatoms. The number of carbonyl (C=O) groups is 2. The van der Waals surface area contributed by atoms with Crippen molar-refractivity contribution in [3.05, 3.63) is 101 Å². The standard InChI is InChI=1S/C28H26N4O3/c1-19-6-5-9-24(18-19)29-26(33)21-12-10-20(11-13-21)25-30-27(35-31-25)22-14-16-32(17-15-22)28(34)23-7-3-2-4-8-23/h2-13,18,22H,14-17H2,1H3,(H,29,33). The Morgan fingerprint density at radius 2 is 1.66 bits per heavy atom. The Balaban J connectivity index is 1.20. The predicted octanol–water partition coefficient (Wildman–Crippen LogP) is 5.32. The summed E-state index contributed by atoms with van der Waals surface area (Å²) in [6.07, 6.45) is 1.55. The number of hydrogen-bond acceptors (Lipinski definition) is 5. The number of aromatic nitrogens is 2. The molecule has 35 heavy (non-hydrogen) atoms. The van der Waals surface area contributed by atoms with Gasteiger partial charge in [0, 0.05) is 41.4 Å². The lowest BCUT2D eigenvalue weighted by Gasteiger charge is -2.30. The van der Waals surface area contributed by atoms with Crippen LogP contribution in [-0.2, 0) is 0 Å². The van der Waals surface area contributed by atoms with Gasteiger partial charge in [0.1, 0.15) is 0 Å². The van der Waals surface area contributed by atoms with Gasteiger partial charge in [-0.05, 0) is 61.7 Å². The van der Waals surface area contributed by atoms with Gasteiger partial charge in [-0.1, -0.05) is 47.6 Å². The number of nitrogens with zero attached hydrogens (tertiary/aromatic N) is 3. The largest absolute Gasteiger partial charge is 0.339 e. The number of hydrogen-bond donors (Lipinski definition) is 1. The van der Waals surface area contributed by atoms with Crippen molar-refractivity contribution >= 4 is 17.5 Å². The maximum absolute atomic E-state index is 12.7. The molecule has 5 rings (SSSR count). The molecule has 0 atom stereocenters. The van der Waals surface area contributed by atoms with Crippen LogP contribution in [0, 0.1) is 6.92 Å². The molecule has 1 fully saturated rings. The van der Waals surface area contributed by atoms with Crippen LogP contribution in [0.15, 0.2) is 83.4 Å². The van der Waals surface area contributed by atoms with Crippen LogP contribution in [0.2, 0.25) is 0 Å². The van der Waals surface area contributed by atoms with Crippen molar-refractivity contribution < 1.29 is 14.1 Å². The van der Waals surface area contributed by atoms with Crippen molar-refractivity contribution in [1.29, 1.82) is 0 Å². The number of aryl methyl sites for hydroxylation is 1. The number of nitrogens with one attached hydrogen (secondary N) is 1. The van der Waals surface area contributed by atoms with Crippen molar-refractivity contribution in [3.8, 4) is 11.4 Å². The number of piperidine rings is 1. The van der Waals surface area contributed by atoms with E-state index < -0.39 is 0 Å². The Labute approximate surface area is 203 Å². The van der Waals surface area contributed by atoms with Gasteiger partial charge < -0.3 is 14.7 Å². The molecule has 0 saturated carbocycles. The van der Waals surface area contributed by atoms with E-state index >= 15 is 0 Å². The van der Waals surface area contributed by atoms with E-state index in [9.17, 15) is 9.59 Å². The van der Waals surface area contributed by atoms with Gasteiger partial charge in [-0.15, -0.1) is 0 Å². The quantitative estimate of drug-likeness (QED) is 0.430. The molecule has 1 aliphatic heterocycles. The highest BCUT2D eigenvalue weighted by Crippen LogP contribution is 2.29. The lowest BCUT2D eigenvalue weighted by atomic mass is 9.96. The molecule has 1 aromatic heterocycles. The van der Waals surface area contributed by atoms with Gasteiger partial charge in [-0.3, -0.25) is 9.59 Å². The van der Waals surface area contributed by atoms with Crippen LogP contribution in [0.25, 0.3) is 11.4 Å². The Bertz CT molecular complexity index is 1320. The van der Waals surface area contributed by atoms with E-state index in [0.717, 1.165) is 29.7 Å². The van der Waals surface area contributed by atoms with Crippen molar-refractivity contribution in [1.82, 2.24) is 15.0 Å². The van der Waals surface area contributed by atoms with Gasteiger partial charge in [-0.25, -0.2) is 0 Å². The van der Waals surface area contributed by atoms with E-state index in [1.165, 1.54) is 0 Å². The zero-order chi connectivity index (χ0) is 24.2. The van der Waals surface area contributed by atoms with Crippen LogP contribution in [0.5, 0.6) is 0 Å². The number of rotatable bonds is 5. The monoisotopic (exact) mass is 466 g/mol. The molecule has 0 spiro atoms. The molecule has 2 heterocycles. The molecule has 0 unspecified atom stereocenters. The highest BCUT2D eigenvalue weighted by atomic mass is 16.5. The van der Waals surface area contributed by atoms with E-state index in [1.807, 2.05) is 78.6 Å². The Morgan fingerprint density at radius 3 is 2.37 bits per heavy atom. The summed E-state index contributed by atoms with van der Waals surface area (Å²) in [5.74, 6) is 1.09. The summed E-state index contributed by atoms with van der Waals surface area (Å²) in [6, 6.07) is 24.2. The van der Waals surface area contributed by atoms with E-state index in [0.29, 0.717) is 35.9 Å². The van der Waals surface area contributed by atoms with Crippen LogP contribution in [-0.4, -0.2) is 39.9 Å². The van der Waals surface area contributed by atoms with Crippen LogP contribution >= 0.6 is 0 Å². The van der Waals surface area contributed by atoms with Crippen molar-refractivity contribution in [2.75, 3.05) is 18.4 Å². The van der Waals surface area contributed by atoms with Gasteiger partial charge >= 0.3 is 0 Å². The zero-order valence-electron chi connectivity index (χ0n) is 19.5. The second-order valence-corrected chi connectivity index (χ2v) is 8.79. The molecule has 3 aromatic carbocycles. The molecule has 1 aliphatic rings. The number of anilines is 1. The Hall–Kier alpha value is -4.26. The summed E-state index contributed by atoms with van der Waals surface area (Å²) in [6.45, 7) is 3.29. The average Bonchev–Trinajstić information content (AvgIpc) is 3.39. The lowest BCUT2D eigenvalue weighted by Crippen LogP contribution is -2.37. The maximum Gasteiger partial charge on any atom is 0.255 e. The van der Waals surface area contributed by atoms with E-state index in [2.05, 4.69) is 15.5 Å². The fourth-order valence-corrected chi connectivity index (χ4v) is 4.31. The first-order valence-corrected chi connectivity index (χ1v) is 11.7. The maximum atomic E-state index is 12.7. The topological polar surface area (TPSA) is 88.3 Å². The van der Waals surface area contributed by atoms with Gasteiger partial charge in [0.05, 0.1) is 0 Å². The molecular weight excluding hydrogens is 440 g/mol. The second kappa shape index (κ2) is 9.93. The summed E-state index contributed by atoms with van der Waals surface area (Å²) in [5.41, 5.74) is 3.89. The smallest absolute Gasteiger partial charge is 0.255 e. The third-order valence-electron chi connectivity index (χ3n) is 6.28. The highest BCUT2D eigenvalue weighted by molar-refractivity contribution is 6.04. The predicted molar refractivity (Wildman–Crippen MR) is 133 cm³/mol. The highest BCUT2D eigenvalue weighted by Gasteiger charge is 2.28. The summed E-state index contributed by atoms with van der Waals surface area (Å²) < 4.78 is 5.56. The van der Waals surface area contributed by atoms with E-state index in [4.69, 9.17) is 4.52 Å². The minimum Gasteiger partial charge on any atom is -0.339 e. The fourth-order valence-electron chi connectivity index (χ4n) is 4.31. The summed E-state index contributed by atoms with van der Waals surface area (Å²) in [4.78, 5) is 31.7. The first-order valence-electron chi connectivity index (χ1n) is 11.7. The van der Waals surface area contributed by atoms with Gasteiger partial charge in [0.25, 0.3) is 11.8 Å². The van der Waals surface area contributed by atoms with Gasteiger partial charge in [0.15, 0.2) is 0 Å². The number of carbonyl (C=O) groups excluding carboxylic acids is 2. The fraction of sp³-hybridized carbons (Fsp3) is 0.214. The van der Waals surface area contributed by atoms with Crippen molar-refractivity contribution in [2.45, 2.75) is 25.7 Å². The molecule has 0 aliphatic carbocycles. The summed E-state index contributed by atoms with van der Waals surface area (Å²) >= 11 is 0. The zero-order valence-corrected chi connectivity index (χ0v) is 19.5. The van der Waals surface area contributed by atoms with Crippen LogP contribution in [0.3, 0.4) is 0 Å². The van der Waals surface area contributed by atoms with Crippen LogP contribution in [0.1, 0.15) is 50.9 Å². The molecule has 1 saturated heterocycles. The summed E-state index contributed by atoms with van der Waals surface area (Å²) in [7, 11) is 0. The van der Waals surface area contributed by atoms with Crippen LogP contribution in [0.4, 0.5) is 5.69 Å². The molecule has 4 aromatic rings.